The molecule has 0 radical (unpaired) electrons. The van der Waals surface area contributed by atoms with E-state index in [1.165, 1.54) is 4.90 Å². The fourth-order valence-electron chi connectivity index (χ4n) is 5.89. The zero-order chi connectivity index (χ0) is 26.3. The molecule has 2 aliphatic rings. The molecule has 198 valence electrons. The predicted octanol–water partition coefficient (Wildman–Crippen LogP) is 4.11. The van der Waals surface area contributed by atoms with Crippen LogP contribution < -0.4 is 5.73 Å². The molecule has 5 rings (SSSR count). The average Bonchev–Trinajstić information content (AvgIpc) is 3.20. The number of aromatic nitrogens is 4. The minimum atomic E-state index is -0.810. The highest BCUT2D eigenvalue weighted by atomic mass is 16.4. The molecular weight excluding hydrogens is 470 g/mol. The normalized spacial score (nSPS) is 18.5. The first kappa shape index (κ1) is 25.3. The largest absolute Gasteiger partial charge is 0.507 e. The lowest BCUT2D eigenvalue weighted by Gasteiger charge is -2.37. The third-order valence-electron chi connectivity index (χ3n) is 7.85. The molecule has 10 nitrogen and oxygen atoms in total. The molecule has 4 heterocycles. The van der Waals surface area contributed by atoms with Crippen LogP contribution in [0.25, 0.3) is 22.3 Å². The van der Waals surface area contributed by atoms with E-state index in [2.05, 4.69) is 40.6 Å². The second-order valence-corrected chi connectivity index (χ2v) is 11.5. The number of nitrogens with zero attached hydrogens (tertiary/aromatic N) is 6. The molecule has 1 amide bonds. The monoisotopic (exact) mass is 507 g/mol. The average molecular weight is 508 g/mol. The van der Waals surface area contributed by atoms with Crippen LogP contribution >= 0.6 is 0 Å². The van der Waals surface area contributed by atoms with Crippen LogP contribution in [-0.4, -0.2) is 78.8 Å². The molecule has 0 spiro atoms. The lowest BCUT2D eigenvalue weighted by molar-refractivity contribution is 0.103. The summed E-state index contributed by atoms with van der Waals surface area (Å²) in [6, 6.07) is 7.41. The second-order valence-electron chi connectivity index (χ2n) is 11.5. The van der Waals surface area contributed by atoms with Crippen molar-refractivity contribution in [3.05, 3.63) is 29.8 Å². The van der Waals surface area contributed by atoms with Crippen LogP contribution in [0.5, 0.6) is 5.75 Å². The first-order valence-electron chi connectivity index (χ1n) is 13.2. The topological polar surface area (TPSA) is 134 Å². The number of carboxylic acid groups (broad SMARTS) is 1. The molecule has 2 aromatic heterocycles. The van der Waals surface area contributed by atoms with E-state index in [-0.39, 0.29) is 17.2 Å². The van der Waals surface area contributed by atoms with Gasteiger partial charge >= 0.3 is 6.09 Å². The summed E-state index contributed by atoms with van der Waals surface area (Å²) in [6.07, 6.45) is 2.93. The van der Waals surface area contributed by atoms with Crippen LogP contribution in [0, 0.1) is 5.92 Å². The highest BCUT2D eigenvalue weighted by molar-refractivity contribution is 5.92. The summed E-state index contributed by atoms with van der Waals surface area (Å²) in [4.78, 5) is 15.2. The van der Waals surface area contributed by atoms with E-state index in [1.54, 1.807) is 12.1 Å². The summed E-state index contributed by atoms with van der Waals surface area (Å²) in [5, 5.41) is 33.6. The number of piperidine rings is 2. The molecule has 4 N–H and O–H groups in total. The molecular formula is C27H37N7O3. The van der Waals surface area contributed by atoms with Crippen molar-refractivity contribution in [2.45, 2.75) is 57.9 Å². The van der Waals surface area contributed by atoms with Crippen molar-refractivity contribution in [1.29, 1.82) is 0 Å². The van der Waals surface area contributed by atoms with Crippen LogP contribution in [0.15, 0.2) is 24.3 Å². The zero-order valence-electron chi connectivity index (χ0n) is 21.9. The number of amides is 1. The fourth-order valence-corrected chi connectivity index (χ4v) is 5.89. The van der Waals surface area contributed by atoms with Gasteiger partial charge in [0.2, 0.25) is 0 Å². The number of benzene rings is 1. The van der Waals surface area contributed by atoms with Crippen LogP contribution in [-0.2, 0) is 5.41 Å². The molecule has 0 aliphatic carbocycles. The maximum absolute atomic E-state index is 11.2. The first-order valence-corrected chi connectivity index (χ1v) is 13.2. The minimum absolute atomic E-state index is 0.170. The number of nitrogens with two attached hydrogens (primary N) is 1. The van der Waals surface area contributed by atoms with Crippen molar-refractivity contribution in [2.24, 2.45) is 5.92 Å². The Bertz CT molecular complexity index is 1280. The van der Waals surface area contributed by atoms with E-state index in [1.807, 2.05) is 12.1 Å². The highest BCUT2D eigenvalue weighted by Gasteiger charge is 2.32. The Morgan fingerprint density at radius 3 is 2.35 bits per heavy atom. The van der Waals surface area contributed by atoms with Crippen molar-refractivity contribution < 1.29 is 15.0 Å². The van der Waals surface area contributed by atoms with Crippen molar-refractivity contribution in [3.8, 4) is 17.0 Å². The Kier molecular flexibility index (Phi) is 6.70. The third-order valence-corrected chi connectivity index (χ3v) is 7.85. The first-order chi connectivity index (χ1) is 17.6. The van der Waals surface area contributed by atoms with Crippen molar-refractivity contribution >= 4 is 22.9 Å². The van der Waals surface area contributed by atoms with Gasteiger partial charge in [-0.3, -0.25) is 4.68 Å². The van der Waals surface area contributed by atoms with Gasteiger partial charge in [-0.1, -0.05) is 32.9 Å². The Hall–Kier alpha value is -3.40. The standard InChI is InChI=1S/C27H37N7O3/c1-27(2,3)21-22(19-6-4-5-7-20(19)35)29-30-23-24(21)34(31-25(23)28)18-10-12-32(13-11-18)16-17-8-14-33(15-9-17)26(36)37/h4-7,17-18,35H,8-16H2,1-3H3,(H2,28,31)(H,36,37). The molecule has 2 aliphatic heterocycles. The van der Waals surface area contributed by atoms with Crippen molar-refractivity contribution in [2.75, 3.05) is 38.5 Å². The molecule has 2 fully saturated rings. The van der Waals surface area contributed by atoms with Gasteiger partial charge in [0.15, 0.2) is 11.3 Å². The van der Waals surface area contributed by atoms with Gasteiger partial charge in [0, 0.05) is 43.9 Å². The van der Waals surface area contributed by atoms with Crippen LogP contribution in [0.3, 0.4) is 0 Å². The highest BCUT2D eigenvalue weighted by Crippen LogP contribution is 2.41. The van der Waals surface area contributed by atoms with E-state index >= 15 is 0 Å². The predicted molar refractivity (Wildman–Crippen MR) is 143 cm³/mol. The molecule has 0 saturated carbocycles. The molecule has 2 saturated heterocycles. The summed E-state index contributed by atoms with van der Waals surface area (Å²) in [5.41, 5.74) is 9.87. The number of nitrogen functional groups attached to an aromatic ring is 1. The van der Waals surface area contributed by atoms with E-state index in [9.17, 15) is 15.0 Å². The summed E-state index contributed by atoms with van der Waals surface area (Å²) in [6.45, 7) is 10.6. The van der Waals surface area contributed by atoms with Gasteiger partial charge in [-0.15, -0.1) is 10.2 Å². The summed E-state index contributed by atoms with van der Waals surface area (Å²) in [5.74, 6) is 1.09. The van der Waals surface area contributed by atoms with Crippen molar-refractivity contribution in [3.63, 3.8) is 0 Å². The maximum atomic E-state index is 11.2. The molecule has 3 aromatic rings. The van der Waals surface area contributed by atoms with Crippen LogP contribution in [0.1, 0.15) is 58.1 Å². The number of phenols is 1. The molecule has 0 atom stereocenters. The Morgan fingerprint density at radius 1 is 1.05 bits per heavy atom. The van der Waals surface area contributed by atoms with E-state index in [0.717, 1.165) is 56.4 Å². The summed E-state index contributed by atoms with van der Waals surface area (Å²) >= 11 is 0. The number of rotatable bonds is 4. The van der Waals surface area contributed by atoms with Gasteiger partial charge in [0.1, 0.15) is 11.4 Å². The van der Waals surface area contributed by atoms with Crippen LogP contribution in [0.4, 0.5) is 10.6 Å². The smallest absolute Gasteiger partial charge is 0.407 e. The second kappa shape index (κ2) is 9.81. The van der Waals surface area contributed by atoms with Gasteiger partial charge in [0.05, 0.1) is 11.6 Å². The number of phenolic OH excluding ortho intramolecular Hbond substituents is 1. The fraction of sp³-hybridized carbons (Fsp3) is 0.556. The molecule has 0 unspecified atom stereocenters. The van der Waals surface area contributed by atoms with E-state index in [0.29, 0.717) is 41.6 Å². The Labute approximate surface area is 217 Å². The number of aromatic hydroxyl groups is 1. The molecule has 0 bridgehead atoms. The number of hydrogen-bond acceptors (Lipinski definition) is 7. The SMILES string of the molecule is CC(C)(C)c1c(-c2ccccc2O)nnc2c(N)nn(C3CCN(CC4CCN(C(=O)O)CC4)CC3)c12. The van der Waals surface area contributed by atoms with Crippen LogP contribution in [0.2, 0.25) is 0 Å². The number of fused-ring (bicyclic) bond motifs is 1. The minimum Gasteiger partial charge on any atom is -0.507 e. The number of para-hydroxylation sites is 1. The number of hydrogen-bond donors (Lipinski definition) is 3. The summed E-state index contributed by atoms with van der Waals surface area (Å²) in [7, 11) is 0. The third kappa shape index (κ3) is 4.94. The lowest BCUT2D eigenvalue weighted by atomic mass is 9.83. The number of likely N-dealkylation sites (tertiary alicyclic amines) is 2. The van der Waals surface area contributed by atoms with Crippen molar-refractivity contribution in [1.82, 2.24) is 29.8 Å². The molecule has 1 aromatic carbocycles. The Balaban J connectivity index is 1.40. The van der Waals surface area contributed by atoms with Gasteiger partial charge in [0.25, 0.3) is 0 Å². The lowest BCUT2D eigenvalue weighted by Crippen LogP contribution is -2.43. The number of anilines is 1. The Morgan fingerprint density at radius 2 is 1.73 bits per heavy atom. The zero-order valence-corrected chi connectivity index (χ0v) is 21.9. The maximum Gasteiger partial charge on any atom is 0.407 e. The van der Waals surface area contributed by atoms with Gasteiger partial charge in [-0.2, -0.15) is 5.10 Å². The van der Waals surface area contributed by atoms with Gasteiger partial charge in [-0.05, 0) is 49.1 Å². The van der Waals surface area contributed by atoms with Gasteiger partial charge in [-0.25, -0.2) is 4.79 Å². The quantitative estimate of drug-likeness (QED) is 0.480. The molecule has 37 heavy (non-hydrogen) atoms. The summed E-state index contributed by atoms with van der Waals surface area (Å²) < 4.78 is 2.06. The van der Waals surface area contributed by atoms with Gasteiger partial charge < -0.3 is 25.7 Å². The number of carbonyl (C=O) groups is 1. The molecule has 10 heteroatoms. The van der Waals surface area contributed by atoms with E-state index < -0.39 is 6.09 Å². The van der Waals surface area contributed by atoms with E-state index in [4.69, 9.17) is 10.8 Å².